The largest absolute Gasteiger partial charge is 0.508 e. The number of hydrogen-bond donors (Lipinski definition) is 3. The molecule has 0 atom stereocenters. The van der Waals surface area contributed by atoms with Gasteiger partial charge in [-0.3, -0.25) is 9.59 Å². The number of phenols is 2. The van der Waals surface area contributed by atoms with Crippen LogP contribution in [0.3, 0.4) is 0 Å². The Balaban J connectivity index is 0.000000291. The molecule has 0 aliphatic carbocycles. The number of carbonyl (C=O) groups is 5. The first kappa shape index (κ1) is 82.5. The summed E-state index contributed by atoms with van der Waals surface area (Å²) in [6, 6.07) is 93.2. The summed E-state index contributed by atoms with van der Waals surface area (Å²) in [5, 5.41) is 31.3. The molecule has 0 spiro atoms. The number of unbranched alkanes of at least 4 members (excludes halogenated alkanes) is 1. The van der Waals surface area contributed by atoms with Gasteiger partial charge in [-0.2, -0.15) is 0 Å². The molecule has 0 fully saturated rings. The van der Waals surface area contributed by atoms with E-state index in [0.717, 1.165) is 47.6 Å². The van der Waals surface area contributed by atoms with E-state index >= 15 is 0 Å². The van der Waals surface area contributed by atoms with Crippen molar-refractivity contribution in [2.24, 2.45) is 17.3 Å². The lowest BCUT2D eigenvalue weighted by molar-refractivity contribution is 0.0376. The molecule has 0 aromatic heterocycles. The smallest absolute Gasteiger partial charge is 0.338 e. The molecule has 0 bridgehead atoms. The molecule has 0 aliphatic heterocycles. The van der Waals surface area contributed by atoms with Crippen LogP contribution < -0.4 is 0 Å². The van der Waals surface area contributed by atoms with Gasteiger partial charge in [-0.15, -0.1) is 0 Å². The minimum Gasteiger partial charge on any atom is -0.508 e. The Morgan fingerprint density at radius 1 is 0.404 bits per heavy atom. The van der Waals surface area contributed by atoms with Crippen molar-refractivity contribution in [3.63, 3.8) is 0 Å². The summed E-state index contributed by atoms with van der Waals surface area (Å²) >= 11 is 0. The summed E-state index contributed by atoms with van der Waals surface area (Å²) in [6.45, 7) is 23.4. The van der Waals surface area contributed by atoms with Gasteiger partial charge in [0.2, 0.25) is 0 Å². The highest BCUT2D eigenvalue weighted by Gasteiger charge is 2.11. The number of carbonyl (C=O) groups excluding carboxylic acids is 4. The first-order chi connectivity index (χ1) is 47.4. The van der Waals surface area contributed by atoms with E-state index < -0.39 is 5.97 Å². The second kappa shape index (κ2) is 48.1. The lowest BCUT2D eigenvalue weighted by Gasteiger charge is -2.17. The quantitative estimate of drug-likeness (QED) is 0.0511. The predicted octanol–water partition coefficient (Wildman–Crippen LogP) is 22.9. The zero-order valence-electron chi connectivity index (χ0n) is 59.7. The van der Waals surface area contributed by atoms with Gasteiger partial charge in [0.25, 0.3) is 0 Å². The van der Waals surface area contributed by atoms with Crippen LogP contribution in [0.1, 0.15) is 164 Å². The van der Waals surface area contributed by atoms with Gasteiger partial charge in [0.15, 0.2) is 11.6 Å². The monoisotopic (exact) mass is 1330 g/mol. The maximum Gasteiger partial charge on any atom is 0.338 e. The molecule has 11 aromatic rings. The molecule has 0 amide bonds. The maximum atomic E-state index is 11.5. The fourth-order valence-electron chi connectivity index (χ4n) is 8.78. The van der Waals surface area contributed by atoms with E-state index in [9.17, 15) is 24.0 Å². The Morgan fingerprint density at radius 2 is 0.778 bits per heavy atom. The van der Waals surface area contributed by atoms with E-state index in [0.29, 0.717) is 59.1 Å². The van der Waals surface area contributed by atoms with Gasteiger partial charge >= 0.3 is 17.9 Å². The molecule has 11 aromatic carbocycles. The number of phenolic OH excluding ortho intramolecular Hbond substituents is 2. The number of aromatic carboxylic acids is 1. The number of fused-ring (bicyclic) bond motifs is 2. The summed E-state index contributed by atoms with van der Waals surface area (Å²) in [5.41, 5.74) is 6.22. The standard InChI is InChI=1S/C12H16O.C11H14O2.C11H14O.C11H16.C10H12O3.C10H8O.C10H8.C7H6O2.C7H8/c1-10(2)8-9-12(13)11-6-4-3-5-7-11;1-2-3-9-13-11(12)10-7-5-4-6-8-10;1-9(2)8-11(12)10-6-4-3-5-7-10;1-11(2,3)9-10-7-5-4-6-8-10;1-7(2)13-10(12)8-3-5-9(11)6-4-8;11-10-6-5-8-3-1-2-4-9(8)7-10;1-2-6-10-8-4-3-7-9(10)5-1;8-7(9)6-4-2-1-3-5-6;1-7-5-3-2-4-6-7/h3-7,10H,8-9H2,1-2H3;4-8H,2-3,9H2,1H3;3-7,9H,8H2,1-2H3;4-8H,9H2,1-3H3;3-7,11H,1-2H3;1-7,11H;1-8H;1-5H,(H,8,9);2-6H,1H3. The summed E-state index contributed by atoms with van der Waals surface area (Å²) in [4.78, 5) is 55.8. The van der Waals surface area contributed by atoms with Crippen molar-refractivity contribution in [1.82, 2.24) is 0 Å². The minimum atomic E-state index is -0.879. The third-order valence-electron chi connectivity index (χ3n) is 13.9. The lowest BCUT2D eigenvalue weighted by Crippen LogP contribution is -2.11. The Labute approximate surface area is 589 Å². The normalized spacial score (nSPS) is 10.0. The first-order valence-electron chi connectivity index (χ1n) is 33.8. The van der Waals surface area contributed by atoms with Crippen molar-refractivity contribution < 1.29 is 48.8 Å². The lowest BCUT2D eigenvalue weighted by atomic mass is 9.88. The van der Waals surface area contributed by atoms with E-state index in [1.807, 2.05) is 127 Å². The van der Waals surface area contributed by atoms with E-state index in [-0.39, 0.29) is 35.4 Å². The van der Waals surface area contributed by atoms with Gasteiger partial charge < -0.3 is 24.8 Å². The van der Waals surface area contributed by atoms with Crippen LogP contribution in [-0.2, 0) is 15.9 Å². The predicted molar refractivity (Wildman–Crippen MR) is 409 cm³/mol. The number of aryl methyl sites for hydroxylation is 1. The Kier molecular flexibility index (Phi) is 40.1. The molecule has 0 radical (unpaired) electrons. The summed E-state index contributed by atoms with van der Waals surface area (Å²) in [5.74, 6) is 0.537. The van der Waals surface area contributed by atoms with Crippen molar-refractivity contribution in [2.75, 3.05) is 6.61 Å². The number of aromatic hydroxyl groups is 2. The van der Waals surface area contributed by atoms with Crippen LogP contribution in [0.25, 0.3) is 21.5 Å². The van der Waals surface area contributed by atoms with Gasteiger partial charge in [-0.25, -0.2) is 14.4 Å². The molecule has 0 heterocycles. The Morgan fingerprint density at radius 3 is 1.16 bits per heavy atom. The molecular weight excluding hydrogens is 1230 g/mol. The number of rotatable bonds is 15. The van der Waals surface area contributed by atoms with Gasteiger partial charge in [-0.05, 0) is 145 Å². The highest BCUT2D eigenvalue weighted by Crippen LogP contribution is 2.21. The topological polar surface area (TPSA) is 164 Å². The first-order valence-corrected chi connectivity index (χ1v) is 33.8. The van der Waals surface area contributed by atoms with Crippen LogP contribution in [0.5, 0.6) is 11.5 Å². The van der Waals surface area contributed by atoms with Gasteiger partial charge in [0, 0.05) is 24.0 Å². The van der Waals surface area contributed by atoms with Crippen molar-refractivity contribution in [3.8, 4) is 11.5 Å². The molecule has 10 nitrogen and oxygen atoms in total. The number of carboxylic acids is 1. The average molecular weight is 1330 g/mol. The molecule has 518 valence electrons. The van der Waals surface area contributed by atoms with Crippen LogP contribution in [0.2, 0.25) is 0 Å². The number of Topliss-reactive ketones (excluding diaryl/α,β-unsaturated/α-hetero) is 2. The SMILES string of the molecule is CC(C)(C)Cc1ccccc1.CC(C)CC(=O)c1ccccc1.CC(C)CCC(=O)c1ccccc1.CC(C)OC(=O)c1ccc(O)cc1.CCCCOC(=O)c1ccccc1.Cc1ccccc1.O=C(O)c1ccccc1.Oc1ccc2ccccc2c1.c1ccc2ccccc2c1. The second-order valence-electron chi connectivity index (χ2n) is 25.4. The Bertz CT molecular complexity index is 3900. The van der Waals surface area contributed by atoms with E-state index in [2.05, 4.69) is 153 Å². The summed E-state index contributed by atoms with van der Waals surface area (Å²) in [6.07, 6.45) is 5.30. The molecule has 10 heteroatoms. The molecule has 3 N–H and O–H groups in total. The zero-order chi connectivity index (χ0) is 72.6. The maximum absolute atomic E-state index is 11.5. The van der Waals surface area contributed by atoms with E-state index in [1.165, 1.54) is 46.2 Å². The fraction of sp³-hybridized carbons (Fsp3) is 0.247. The van der Waals surface area contributed by atoms with Crippen molar-refractivity contribution in [3.05, 3.63) is 336 Å². The average Bonchev–Trinajstić information content (AvgIpc) is 0.916. The highest BCUT2D eigenvalue weighted by molar-refractivity contribution is 5.96. The van der Waals surface area contributed by atoms with Crippen molar-refractivity contribution >= 4 is 51.0 Å². The van der Waals surface area contributed by atoms with Crippen LogP contribution in [0.4, 0.5) is 0 Å². The Hall–Kier alpha value is -10.7. The molecule has 0 saturated carbocycles. The fourth-order valence-corrected chi connectivity index (χ4v) is 8.78. The van der Waals surface area contributed by atoms with Gasteiger partial charge in [-0.1, -0.05) is 304 Å². The van der Waals surface area contributed by atoms with Crippen molar-refractivity contribution in [2.45, 2.75) is 121 Å². The van der Waals surface area contributed by atoms with Crippen LogP contribution in [0.15, 0.2) is 297 Å². The zero-order valence-corrected chi connectivity index (χ0v) is 59.7. The highest BCUT2D eigenvalue weighted by atomic mass is 16.5. The molecule has 11 rings (SSSR count). The van der Waals surface area contributed by atoms with E-state index in [1.54, 1.807) is 68.4 Å². The van der Waals surface area contributed by atoms with Crippen LogP contribution >= 0.6 is 0 Å². The van der Waals surface area contributed by atoms with Crippen LogP contribution in [0, 0.1) is 24.2 Å². The number of ether oxygens (including phenoxy) is 2. The molecular formula is C89H102O10. The molecule has 0 unspecified atom stereocenters. The van der Waals surface area contributed by atoms with Crippen LogP contribution in [-0.4, -0.2) is 57.5 Å². The third kappa shape index (κ3) is 38.6. The number of benzene rings is 11. The second-order valence-corrected chi connectivity index (χ2v) is 25.4. The number of ketones is 2. The molecule has 0 saturated heterocycles. The van der Waals surface area contributed by atoms with E-state index in [4.69, 9.17) is 24.8 Å². The van der Waals surface area contributed by atoms with Crippen molar-refractivity contribution in [1.29, 1.82) is 0 Å². The third-order valence-corrected chi connectivity index (χ3v) is 13.9. The minimum absolute atomic E-state index is 0.124. The molecule has 99 heavy (non-hydrogen) atoms. The van der Waals surface area contributed by atoms with Gasteiger partial charge in [0.05, 0.1) is 29.4 Å². The number of hydrogen-bond acceptors (Lipinski definition) is 9. The number of carboxylic acid groups (broad SMARTS) is 1. The number of esters is 2. The molecule has 0 aliphatic rings. The summed E-state index contributed by atoms with van der Waals surface area (Å²) in [7, 11) is 0. The van der Waals surface area contributed by atoms with Gasteiger partial charge in [0.1, 0.15) is 11.5 Å². The summed E-state index contributed by atoms with van der Waals surface area (Å²) < 4.78 is 9.99.